The van der Waals surface area contributed by atoms with E-state index < -0.39 is 0 Å². The summed E-state index contributed by atoms with van der Waals surface area (Å²) in [7, 11) is 0. The van der Waals surface area contributed by atoms with Gasteiger partial charge in [-0.3, -0.25) is 0 Å². The van der Waals surface area contributed by atoms with Crippen molar-refractivity contribution in [1.82, 2.24) is 14.5 Å². The van der Waals surface area contributed by atoms with Crippen molar-refractivity contribution in [3.63, 3.8) is 0 Å². The minimum atomic E-state index is 0.291. The van der Waals surface area contributed by atoms with Gasteiger partial charge in [0.15, 0.2) is 0 Å². The second-order valence-electron chi connectivity index (χ2n) is 4.24. The molecule has 1 aromatic carbocycles. The minimum absolute atomic E-state index is 0.291. The van der Waals surface area contributed by atoms with Crippen LogP contribution in [-0.2, 0) is 13.0 Å². The number of aromatic hydroxyl groups is 1. The first-order chi connectivity index (χ1) is 9.31. The Bertz CT molecular complexity index is 661. The molecule has 5 heteroatoms. The second kappa shape index (κ2) is 5.24. The van der Waals surface area contributed by atoms with Crippen molar-refractivity contribution in [3.8, 4) is 5.75 Å². The third-order valence-corrected chi connectivity index (χ3v) is 3.64. The summed E-state index contributed by atoms with van der Waals surface area (Å²) in [6, 6.07) is 7.29. The quantitative estimate of drug-likeness (QED) is 0.793. The number of rotatable bonds is 4. The smallest absolute Gasteiger partial charge is 0.115 e. The fourth-order valence-electron chi connectivity index (χ4n) is 1.98. The van der Waals surface area contributed by atoms with Crippen molar-refractivity contribution >= 4 is 11.3 Å². The minimum Gasteiger partial charge on any atom is -0.508 e. The third kappa shape index (κ3) is 2.82. The molecule has 0 aliphatic heterocycles. The lowest BCUT2D eigenvalue weighted by molar-refractivity contribution is 0.474. The van der Waals surface area contributed by atoms with Crippen molar-refractivity contribution in [1.29, 1.82) is 0 Å². The molecule has 0 bridgehead atoms. The SMILES string of the molecule is Oc1cccc(Cn2ccnc2Cc2nccs2)c1. The molecule has 0 unspecified atom stereocenters. The topological polar surface area (TPSA) is 50.9 Å². The molecule has 0 saturated carbocycles. The van der Waals surface area contributed by atoms with E-state index in [1.807, 2.05) is 29.9 Å². The summed E-state index contributed by atoms with van der Waals surface area (Å²) in [6.45, 7) is 0.703. The summed E-state index contributed by atoms with van der Waals surface area (Å²) in [4.78, 5) is 8.66. The van der Waals surface area contributed by atoms with E-state index in [1.54, 1.807) is 29.7 Å². The van der Waals surface area contributed by atoms with Crippen LogP contribution in [0.25, 0.3) is 0 Å². The van der Waals surface area contributed by atoms with Crippen molar-refractivity contribution in [2.45, 2.75) is 13.0 Å². The fourth-order valence-corrected chi connectivity index (χ4v) is 2.59. The molecule has 0 saturated heterocycles. The van der Waals surface area contributed by atoms with Crippen molar-refractivity contribution in [3.05, 3.63) is 64.6 Å². The molecule has 0 radical (unpaired) electrons. The monoisotopic (exact) mass is 271 g/mol. The number of phenols is 1. The molecule has 4 nitrogen and oxygen atoms in total. The summed E-state index contributed by atoms with van der Waals surface area (Å²) in [5.74, 6) is 1.28. The highest BCUT2D eigenvalue weighted by molar-refractivity contribution is 7.09. The van der Waals surface area contributed by atoms with Gasteiger partial charge in [-0.15, -0.1) is 11.3 Å². The van der Waals surface area contributed by atoms with E-state index in [1.165, 1.54) is 0 Å². The zero-order valence-corrected chi connectivity index (χ0v) is 11.0. The summed E-state index contributed by atoms with van der Waals surface area (Å²) in [5, 5.41) is 12.5. The molecular weight excluding hydrogens is 258 g/mol. The Hall–Kier alpha value is -2.14. The summed E-state index contributed by atoms with van der Waals surface area (Å²) >= 11 is 1.63. The second-order valence-corrected chi connectivity index (χ2v) is 5.22. The Kier molecular flexibility index (Phi) is 3.29. The number of nitrogens with zero attached hydrogens (tertiary/aromatic N) is 3. The number of aromatic nitrogens is 3. The fraction of sp³-hybridized carbons (Fsp3) is 0.143. The van der Waals surface area contributed by atoms with Crippen molar-refractivity contribution in [2.24, 2.45) is 0 Å². The van der Waals surface area contributed by atoms with Crippen LogP contribution < -0.4 is 0 Å². The van der Waals surface area contributed by atoms with Gasteiger partial charge in [-0.2, -0.15) is 0 Å². The first-order valence-corrected chi connectivity index (χ1v) is 6.85. The molecule has 2 heterocycles. The van der Waals surface area contributed by atoms with Crippen LogP contribution in [0.2, 0.25) is 0 Å². The lowest BCUT2D eigenvalue weighted by Gasteiger charge is -2.07. The van der Waals surface area contributed by atoms with Gasteiger partial charge in [0.05, 0.1) is 11.4 Å². The predicted octanol–water partition coefficient (Wildman–Crippen LogP) is 2.68. The molecule has 96 valence electrons. The van der Waals surface area contributed by atoms with Crippen molar-refractivity contribution < 1.29 is 5.11 Å². The van der Waals surface area contributed by atoms with Gasteiger partial charge in [-0.25, -0.2) is 9.97 Å². The molecule has 2 aromatic heterocycles. The molecule has 0 fully saturated rings. The summed E-state index contributed by atoms with van der Waals surface area (Å²) in [6.07, 6.45) is 6.30. The van der Waals surface area contributed by atoms with Crippen LogP contribution in [0.15, 0.2) is 48.2 Å². The Morgan fingerprint density at radius 1 is 1.21 bits per heavy atom. The summed E-state index contributed by atoms with van der Waals surface area (Å²) in [5.41, 5.74) is 1.05. The number of hydrogen-bond acceptors (Lipinski definition) is 4. The average molecular weight is 271 g/mol. The zero-order valence-electron chi connectivity index (χ0n) is 10.2. The van der Waals surface area contributed by atoms with Crippen molar-refractivity contribution in [2.75, 3.05) is 0 Å². The number of hydrogen-bond donors (Lipinski definition) is 1. The van der Waals surface area contributed by atoms with Crippen LogP contribution in [0.3, 0.4) is 0 Å². The average Bonchev–Trinajstić information content (AvgIpc) is 3.03. The Morgan fingerprint density at radius 3 is 2.95 bits per heavy atom. The maximum atomic E-state index is 9.49. The van der Waals surface area contributed by atoms with E-state index in [0.29, 0.717) is 12.3 Å². The van der Waals surface area contributed by atoms with Gasteiger partial charge in [0.25, 0.3) is 0 Å². The molecule has 0 atom stereocenters. The van der Waals surface area contributed by atoms with E-state index in [4.69, 9.17) is 0 Å². The number of benzene rings is 1. The number of phenolic OH excluding ortho intramolecular Hbond substituents is 1. The first-order valence-electron chi connectivity index (χ1n) is 5.97. The maximum Gasteiger partial charge on any atom is 0.115 e. The van der Waals surface area contributed by atoms with E-state index in [9.17, 15) is 5.11 Å². The highest BCUT2D eigenvalue weighted by Crippen LogP contribution is 2.15. The maximum absolute atomic E-state index is 9.49. The van der Waals surface area contributed by atoms with Gasteiger partial charge >= 0.3 is 0 Å². The number of thiazole rings is 1. The van der Waals surface area contributed by atoms with Crippen LogP contribution in [0, 0.1) is 0 Å². The van der Waals surface area contributed by atoms with E-state index >= 15 is 0 Å². The zero-order chi connectivity index (χ0) is 13.1. The van der Waals surface area contributed by atoms with Crippen LogP contribution >= 0.6 is 11.3 Å². The van der Waals surface area contributed by atoms with E-state index in [-0.39, 0.29) is 0 Å². The molecular formula is C14H13N3OS. The molecule has 0 spiro atoms. The molecule has 0 aliphatic carbocycles. The molecule has 0 aliphatic rings. The standard InChI is InChI=1S/C14H13N3OS/c18-12-3-1-2-11(8-12)10-17-6-4-15-13(17)9-14-16-5-7-19-14/h1-8,18H,9-10H2. The lowest BCUT2D eigenvalue weighted by atomic mass is 10.2. The normalized spacial score (nSPS) is 10.7. The Morgan fingerprint density at radius 2 is 2.16 bits per heavy atom. The summed E-state index contributed by atoms with van der Waals surface area (Å²) < 4.78 is 2.08. The molecule has 3 rings (SSSR count). The third-order valence-electron chi connectivity index (χ3n) is 2.86. The van der Waals surface area contributed by atoms with E-state index in [2.05, 4.69) is 14.5 Å². The lowest BCUT2D eigenvalue weighted by Crippen LogP contribution is -2.05. The number of imidazole rings is 1. The van der Waals surface area contributed by atoms with Crippen LogP contribution in [0.5, 0.6) is 5.75 Å². The first kappa shape index (κ1) is 11.9. The van der Waals surface area contributed by atoms with Crippen LogP contribution in [-0.4, -0.2) is 19.6 Å². The Labute approximate surface area is 115 Å². The highest BCUT2D eigenvalue weighted by atomic mass is 32.1. The predicted molar refractivity (Wildman–Crippen MR) is 74.4 cm³/mol. The van der Waals surface area contributed by atoms with E-state index in [0.717, 1.165) is 22.8 Å². The highest BCUT2D eigenvalue weighted by Gasteiger charge is 2.06. The molecule has 19 heavy (non-hydrogen) atoms. The van der Waals surface area contributed by atoms with Gasteiger partial charge < -0.3 is 9.67 Å². The molecule has 0 amide bonds. The van der Waals surface area contributed by atoms with Crippen LogP contribution in [0.4, 0.5) is 0 Å². The van der Waals surface area contributed by atoms with Gasteiger partial charge in [0.2, 0.25) is 0 Å². The molecule has 1 N–H and O–H groups in total. The van der Waals surface area contributed by atoms with Crippen LogP contribution in [0.1, 0.15) is 16.4 Å². The van der Waals surface area contributed by atoms with Gasteiger partial charge in [-0.1, -0.05) is 12.1 Å². The van der Waals surface area contributed by atoms with Gasteiger partial charge in [0, 0.05) is 30.5 Å². The largest absolute Gasteiger partial charge is 0.508 e. The van der Waals surface area contributed by atoms with Gasteiger partial charge in [-0.05, 0) is 17.7 Å². The molecule has 3 aromatic rings. The Balaban J connectivity index is 1.80. The van der Waals surface area contributed by atoms with Gasteiger partial charge in [0.1, 0.15) is 11.6 Å².